The lowest BCUT2D eigenvalue weighted by Crippen LogP contribution is -2.33. The molecule has 2 aromatic carbocycles. The Hall–Kier alpha value is -3.35. The lowest BCUT2D eigenvalue weighted by atomic mass is 10.2. The van der Waals surface area contributed by atoms with Crippen molar-refractivity contribution in [1.29, 1.82) is 0 Å². The monoisotopic (exact) mass is 566 g/mol. The molecule has 0 saturated carbocycles. The lowest BCUT2D eigenvalue weighted by molar-refractivity contribution is 0.102. The van der Waals surface area contributed by atoms with Gasteiger partial charge >= 0.3 is 0 Å². The Morgan fingerprint density at radius 3 is 2.57 bits per heavy atom. The van der Waals surface area contributed by atoms with Crippen molar-refractivity contribution in [1.82, 2.24) is 9.97 Å². The van der Waals surface area contributed by atoms with Crippen LogP contribution in [-0.4, -0.2) is 37.2 Å². The number of fused-ring (bicyclic) bond motifs is 1. The van der Waals surface area contributed by atoms with Crippen molar-refractivity contribution >= 4 is 60.5 Å². The van der Waals surface area contributed by atoms with E-state index in [0.717, 1.165) is 27.8 Å². The van der Waals surface area contributed by atoms with Gasteiger partial charge in [-0.05, 0) is 36.2 Å². The highest BCUT2D eigenvalue weighted by atomic mass is 35.5. The largest absolute Gasteiger partial charge is 0.497 e. The number of amides is 1. The number of benzene rings is 2. The molecule has 1 N–H and O–H groups in total. The summed E-state index contributed by atoms with van der Waals surface area (Å²) in [7, 11) is -2.50. The SMILES string of the molecule is CCCS(=O)(=O)N(Cc1ccc(OC)cc1)c1ccc(F)c(NC(=O)c2csc3c(Cl)ncnc23)c1F. The minimum atomic E-state index is -4.00. The predicted octanol–water partition coefficient (Wildman–Crippen LogP) is 5.63. The zero-order chi connectivity index (χ0) is 26.7. The van der Waals surface area contributed by atoms with Crippen LogP contribution in [0, 0.1) is 11.6 Å². The van der Waals surface area contributed by atoms with Gasteiger partial charge in [-0.3, -0.25) is 9.10 Å². The highest BCUT2D eigenvalue weighted by molar-refractivity contribution is 7.92. The molecule has 0 aliphatic carbocycles. The zero-order valence-electron chi connectivity index (χ0n) is 19.7. The summed E-state index contributed by atoms with van der Waals surface area (Å²) < 4.78 is 63.2. The third-order valence-electron chi connectivity index (χ3n) is 5.42. The summed E-state index contributed by atoms with van der Waals surface area (Å²) in [5, 5.41) is 3.82. The van der Waals surface area contributed by atoms with Crippen molar-refractivity contribution < 1.29 is 26.7 Å². The maximum absolute atomic E-state index is 15.7. The molecule has 0 atom stereocenters. The van der Waals surface area contributed by atoms with Crippen LogP contribution in [0.2, 0.25) is 5.15 Å². The second kappa shape index (κ2) is 11.0. The van der Waals surface area contributed by atoms with Crippen LogP contribution in [0.1, 0.15) is 29.3 Å². The molecule has 194 valence electrons. The molecule has 2 aromatic heterocycles. The first-order valence-electron chi connectivity index (χ1n) is 11.0. The summed E-state index contributed by atoms with van der Waals surface area (Å²) in [6.07, 6.45) is 1.45. The van der Waals surface area contributed by atoms with E-state index in [1.807, 2.05) is 0 Å². The Morgan fingerprint density at radius 2 is 1.89 bits per heavy atom. The quantitative estimate of drug-likeness (QED) is 0.263. The van der Waals surface area contributed by atoms with Crippen LogP contribution in [0.5, 0.6) is 5.75 Å². The zero-order valence-corrected chi connectivity index (χ0v) is 22.1. The van der Waals surface area contributed by atoms with Crippen molar-refractivity contribution in [3.63, 3.8) is 0 Å². The number of halogens is 3. The summed E-state index contributed by atoms with van der Waals surface area (Å²) in [6.45, 7) is 1.46. The topological polar surface area (TPSA) is 101 Å². The van der Waals surface area contributed by atoms with E-state index in [9.17, 15) is 17.6 Å². The number of hydrogen-bond acceptors (Lipinski definition) is 7. The first-order chi connectivity index (χ1) is 17.7. The number of aromatic nitrogens is 2. The van der Waals surface area contributed by atoms with E-state index in [1.54, 1.807) is 31.2 Å². The number of ether oxygens (including phenoxy) is 1. The van der Waals surface area contributed by atoms with Gasteiger partial charge < -0.3 is 10.1 Å². The molecular weight excluding hydrogens is 546 g/mol. The summed E-state index contributed by atoms with van der Waals surface area (Å²) in [6, 6.07) is 8.52. The fraction of sp³-hybridized carbons (Fsp3) is 0.208. The molecule has 0 aliphatic rings. The summed E-state index contributed by atoms with van der Waals surface area (Å²) in [5.74, 6) is -2.83. The molecule has 0 aliphatic heterocycles. The number of anilines is 2. The predicted molar refractivity (Wildman–Crippen MR) is 140 cm³/mol. The number of methoxy groups -OCH3 is 1. The first kappa shape index (κ1) is 26.7. The molecule has 8 nitrogen and oxygen atoms in total. The van der Waals surface area contributed by atoms with Gasteiger partial charge in [0.15, 0.2) is 5.82 Å². The van der Waals surface area contributed by atoms with Gasteiger partial charge in [-0.25, -0.2) is 27.2 Å². The maximum atomic E-state index is 15.7. The summed E-state index contributed by atoms with van der Waals surface area (Å²) in [4.78, 5) is 20.8. The minimum absolute atomic E-state index is 0.0437. The fourth-order valence-corrected chi connectivity index (χ4v) is 6.28. The second-order valence-corrected chi connectivity index (χ2v) is 11.1. The van der Waals surface area contributed by atoms with Crippen LogP contribution in [0.3, 0.4) is 0 Å². The summed E-state index contributed by atoms with van der Waals surface area (Å²) >= 11 is 7.14. The molecule has 4 rings (SSSR count). The van der Waals surface area contributed by atoms with Crippen LogP contribution >= 0.6 is 22.9 Å². The van der Waals surface area contributed by atoms with Crippen LogP contribution < -0.4 is 14.4 Å². The van der Waals surface area contributed by atoms with Crippen molar-refractivity contribution in [3.05, 3.63) is 76.0 Å². The van der Waals surface area contributed by atoms with Gasteiger partial charge in [0.05, 0.1) is 40.9 Å². The molecule has 37 heavy (non-hydrogen) atoms. The highest BCUT2D eigenvalue weighted by Gasteiger charge is 2.28. The molecule has 13 heteroatoms. The van der Waals surface area contributed by atoms with Crippen molar-refractivity contribution in [2.24, 2.45) is 0 Å². The molecule has 0 spiro atoms. The van der Waals surface area contributed by atoms with Gasteiger partial charge in [-0.2, -0.15) is 0 Å². The second-order valence-electron chi connectivity index (χ2n) is 7.87. The van der Waals surface area contributed by atoms with Crippen LogP contribution in [0.4, 0.5) is 20.2 Å². The van der Waals surface area contributed by atoms with E-state index >= 15 is 4.39 Å². The van der Waals surface area contributed by atoms with Gasteiger partial charge in [0.1, 0.15) is 28.7 Å². The number of sulfonamides is 1. The van der Waals surface area contributed by atoms with E-state index in [0.29, 0.717) is 16.0 Å². The molecule has 2 heterocycles. The van der Waals surface area contributed by atoms with Gasteiger partial charge in [-0.1, -0.05) is 30.7 Å². The molecule has 0 fully saturated rings. The average molecular weight is 567 g/mol. The van der Waals surface area contributed by atoms with E-state index in [1.165, 1.54) is 18.8 Å². The van der Waals surface area contributed by atoms with E-state index in [4.69, 9.17) is 16.3 Å². The third-order valence-corrected chi connectivity index (χ3v) is 8.71. The number of carbonyl (C=O) groups is 1. The van der Waals surface area contributed by atoms with Crippen LogP contribution in [-0.2, 0) is 16.6 Å². The van der Waals surface area contributed by atoms with E-state index < -0.39 is 38.9 Å². The molecule has 0 unspecified atom stereocenters. The first-order valence-corrected chi connectivity index (χ1v) is 13.8. The Balaban J connectivity index is 1.73. The molecule has 1 amide bonds. The third kappa shape index (κ3) is 5.50. The van der Waals surface area contributed by atoms with Crippen molar-refractivity contribution in [2.75, 3.05) is 22.5 Å². The Bertz CT molecular complexity index is 1560. The van der Waals surface area contributed by atoms with E-state index in [-0.39, 0.29) is 35.0 Å². The number of carbonyl (C=O) groups excluding carboxylic acids is 1. The molecule has 0 radical (unpaired) electrons. The van der Waals surface area contributed by atoms with Crippen LogP contribution in [0.25, 0.3) is 10.2 Å². The molecule has 4 aromatic rings. The maximum Gasteiger partial charge on any atom is 0.258 e. The number of rotatable bonds is 9. The molecule has 0 bridgehead atoms. The van der Waals surface area contributed by atoms with E-state index in [2.05, 4.69) is 15.3 Å². The van der Waals surface area contributed by atoms with Crippen LogP contribution in [0.15, 0.2) is 48.1 Å². The molecule has 0 saturated heterocycles. The number of nitrogens with one attached hydrogen (secondary N) is 1. The van der Waals surface area contributed by atoms with Crippen molar-refractivity contribution in [3.8, 4) is 5.75 Å². The lowest BCUT2D eigenvalue weighted by Gasteiger charge is -2.26. The molecular formula is C24H21ClF2N4O4S2. The highest BCUT2D eigenvalue weighted by Crippen LogP contribution is 2.34. The smallest absolute Gasteiger partial charge is 0.258 e. The summed E-state index contributed by atoms with van der Waals surface area (Å²) in [5.41, 5.74) is -0.362. The van der Waals surface area contributed by atoms with Gasteiger partial charge in [0.2, 0.25) is 10.0 Å². The van der Waals surface area contributed by atoms with Crippen molar-refractivity contribution in [2.45, 2.75) is 19.9 Å². The normalized spacial score (nSPS) is 11.5. The Kier molecular flexibility index (Phi) is 7.90. The van der Waals surface area contributed by atoms with Gasteiger partial charge in [0, 0.05) is 5.38 Å². The average Bonchev–Trinajstić information content (AvgIpc) is 3.31. The van der Waals surface area contributed by atoms with Gasteiger partial charge in [-0.15, -0.1) is 11.3 Å². The number of nitrogens with zero attached hydrogens (tertiary/aromatic N) is 3. The number of hydrogen-bond donors (Lipinski definition) is 1. The standard InChI is InChI=1S/C24H21ClF2N4O4S2/c1-3-10-37(33,34)31(11-14-4-6-15(35-2)7-5-14)18-9-8-17(26)21(19(18)27)30-24(32)16-12-36-22-20(16)28-13-29-23(22)25/h4-9,12-13H,3,10-11H2,1-2H3,(H,30,32). The Labute approximate surface area is 220 Å². The van der Waals surface area contributed by atoms with Gasteiger partial charge in [0.25, 0.3) is 5.91 Å². The Morgan fingerprint density at radius 1 is 1.16 bits per heavy atom. The minimum Gasteiger partial charge on any atom is -0.497 e. The number of thiophene rings is 1. The fourth-order valence-electron chi connectivity index (χ4n) is 3.61.